The number of carbonyl (C=O) groups excluding carboxylic acids is 4. The zero-order valence-corrected chi connectivity index (χ0v) is 64.1. The van der Waals surface area contributed by atoms with E-state index in [-0.39, 0.29) is 25.7 Å². The van der Waals surface area contributed by atoms with Gasteiger partial charge in [-0.1, -0.05) is 251 Å². The van der Waals surface area contributed by atoms with Crippen molar-refractivity contribution in [3.05, 3.63) is 134 Å². The molecule has 5 atom stereocenters. The van der Waals surface area contributed by atoms with Crippen molar-refractivity contribution in [2.75, 3.05) is 39.6 Å². The summed E-state index contributed by atoms with van der Waals surface area (Å²) in [6.45, 7) is 4.48. The minimum atomic E-state index is -4.99. The Balaban J connectivity index is 5.38. The standard InChI is InChI=1S/C81H136O17P2/c1-5-9-13-17-21-25-29-32-35-36-37-38-41-43-47-50-54-58-62-66-79(84)92-72-77(98-81(86)68-64-60-56-52-48-44-40-34-31-27-23-19-15-11-7-3)74-96-100(89,90)94-70-75(82)69-93-99(87,88)95-73-76(97-80(85)67-63-59-55-51-45-28-24-20-16-12-8-4)71-91-78(83)65-61-57-53-49-46-42-39-33-30-26-22-18-14-10-6-2/h10-11,14-15,20-27,32-35,37-40,48,52,75-77,82H,5-9,12-13,16-19,28-31,36,41-47,49-51,53-74H2,1-4H3,(H,87,88)(H,89,90)/b14-10-,15-11-,24-20-,25-21-,26-22-,27-23-,35-32-,38-37-,39-33-,40-34-,52-48-. The first-order chi connectivity index (χ1) is 48.7. The normalized spacial score (nSPS) is 14.7. The molecule has 0 amide bonds. The van der Waals surface area contributed by atoms with Crippen LogP contribution in [0.2, 0.25) is 0 Å². The maximum Gasteiger partial charge on any atom is 0.472 e. The van der Waals surface area contributed by atoms with E-state index < -0.39 is 97.5 Å². The fourth-order valence-corrected chi connectivity index (χ4v) is 11.3. The minimum absolute atomic E-state index is 0.0362. The van der Waals surface area contributed by atoms with Crippen LogP contribution in [0.5, 0.6) is 0 Å². The second-order valence-corrected chi connectivity index (χ2v) is 28.1. The van der Waals surface area contributed by atoms with E-state index in [1.165, 1.54) is 32.1 Å². The van der Waals surface area contributed by atoms with Gasteiger partial charge in [0.15, 0.2) is 12.2 Å². The molecule has 0 aromatic heterocycles. The van der Waals surface area contributed by atoms with Gasteiger partial charge in [0.2, 0.25) is 0 Å². The molecule has 0 aromatic carbocycles. The summed E-state index contributed by atoms with van der Waals surface area (Å²) in [6.07, 6.45) is 80.2. The molecule has 0 spiro atoms. The summed E-state index contributed by atoms with van der Waals surface area (Å²) in [5, 5.41) is 10.6. The molecule has 0 fully saturated rings. The molecule has 0 aliphatic carbocycles. The topological polar surface area (TPSA) is 237 Å². The SMILES string of the molecule is CC/C=C\C/C=C\C/C=C\C/C=C\CCCCC(=O)OC(COC(=O)CCCCCCCC/C=C\C/C=C\C/C=C\CCCCC)COP(=O)(O)OCC(O)COP(=O)(O)OCC(COC(=O)CCCCCCC/C=C\C/C=C\C/C=C\CC)OC(=O)CCCCCCC/C=C\CCCC. The molecular formula is C81H136O17P2. The zero-order valence-electron chi connectivity index (χ0n) is 62.3. The Morgan fingerprint density at radius 2 is 0.530 bits per heavy atom. The molecule has 0 aliphatic heterocycles. The Morgan fingerprint density at radius 3 is 0.860 bits per heavy atom. The number of phosphoric ester groups is 2. The van der Waals surface area contributed by atoms with Gasteiger partial charge >= 0.3 is 39.5 Å². The van der Waals surface area contributed by atoms with Crippen LogP contribution in [0.3, 0.4) is 0 Å². The van der Waals surface area contributed by atoms with Crippen molar-refractivity contribution in [3.63, 3.8) is 0 Å². The smallest absolute Gasteiger partial charge is 0.462 e. The third-order valence-electron chi connectivity index (χ3n) is 15.6. The van der Waals surface area contributed by atoms with Gasteiger partial charge in [0, 0.05) is 25.7 Å². The fourth-order valence-electron chi connectivity index (χ4n) is 9.74. The van der Waals surface area contributed by atoms with Crippen LogP contribution in [0.15, 0.2) is 134 Å². The van der Waals surface area contributed by atoms with Crippen molar-refractivity contribution in [2.45, 2.75) is 316 Å². The lowest BCUT2D eigenvalue weighted by atomic mass is 10.1. The fraction of sp³-hybridized carbons (Fsp3) is 0.679. The van der Waals surface area contributed by atoms with Crippen LogP contribution < -0.4 is 0 Å². The summed E-state index contributed by atoms with van der Waals surface area (Å²) in [7, 11) is -9.98. The molecule has 3 N–H and O–H groups in total. The molecule has 0 saturated carbocycles. The molecule has 0 saturated heterocycles. The van der Waals surface area contributed by atoms with Crippen LogP contribution in [-0.2, 0) is 65.4 Å². The second-order valence-electron chi connectivity index (χ2n) is 25.2. The van der Waals surface area contributed by atoms with Crippen molar-refractivity contribution >= 4 is 39.5 Å². The number of esters is 4. The molecule has 19 heteroatoms. The number of hydrogen-bond acceptors (Lipinski definition) is 15. The molecule has 0 aliphatic rings. The van der Waals surface area contributed by atoms with E-state index in [2.05, 4.69) is 161 Å². The van der Waals surface area contributed by atoms with E-state index in [4.69, 9.17) is 37.0 Å². The summed E-state index contributed by atoms with van der Waals surface area (Å²) in [6, 6.07) is 0. The van der Waals surface area contributed by atoms with Gasteiger partial charge in [-0.05, 0) is 154 Å². The van der Waals surface area contributed by atoms with E-state index in [9.17, 15) is 43.2 Å². The summed E-state index contributed by atoms with van der Waals surface area (Å²) in [4.78, 5) is 72.8. The minimum Gasteiger partial charge on any atom is -0.462 e. The molecular weight excluding hydrogens is 1310 g/mol. The highest BCUT2D eigenvalue weighted by atomic mass is 31.2. The third-order valence-corrected chi connectivity index (χ3v) is 17.5. The molecule has 5 unspecified atom stereocenters. The van der Waals surface area contributed by atoms with Gasteiger partial charge in [-0.15, -0.1) is 0 Å². The van der Waals surface area contributed by atoms with Crippen LogP contribution >= 0.6 is 15.6 Å². The van der Waals surface area contributed by atoms with Gasteiger partial charge in [-0.2, -0.15) is 0 Å². The van der Waals surface area contributed by atoms with Crippen LogP contribution in [-0.4, -0.2) is 96.7 Å². The number of phosphoric acid groups is 2. The van der Waals surface area contributed by atoms with Crippen LogP contribution in [0.25, 0.3) is 0 Å². The van der Waals surface area contributed by atoms with E-state index in [0.29, 0.717) is 32.1 Å². The summed E-state index contributed by atoms with van der Waals surface area (Å²) in [5.41, 5.74) is 0. The van der Waals surface area contributed by atoms with E-state index in [1.54, 1.807) is 0 Å². The Hall–Kier alpha value is -4.80. The monoisotopic (exact) mass is 1440 g/mol. The van der Waals surface area contributed by atoms with Gasteiger partial charge in [-0.3, -0.25) is 37.3 Å². The molecule has 0 rings (SSSR count). The summed E-state index contributed by atoms with van der Waals surface area (Å²) >= 11 is 0. The molecule has 17 nitrogen and oxygen atoms in total. The van der Waals surface area contributed by atoms with E-state index in [1.807, 2.05) is 0 Å². The largest absolute Gasteiger partial charge is 0.472 e. The van der Waals surface area contributed by atoms with Gasteiger partial charge in [-0.25, -0.2) is 9.13 Å². The lowest BCUT2D eigenvalue weighted by Gasteiger charge is -2.21. The molecule has 0 aromatic rings. The Morgan fingerprint density at radius 1 is 0.290 bits per heavy atom. The second kappa shape index (κ2) is 72.5. The van der Waals surface area contributed by atoms with Crippen LogP contribution in [0.1, 0.15) is 297 Å². The molecule has 0 heterocycles. The average Bonchev–Trinajstić information content (AvgIpc) is 0.926. The maximum atomic E-state index is 13.1. The van der Waals surface area contributed by atoms with Crippen molar-refractivity contribution < 1.29 is 80.2 Å². The first kappa shape index (κ1) is 95.2. The lowest BCUT2D eigenvalue weighted by molar-refractivity contribution is -0.161. The molecule has 100 heavy (non-hydrogen) atoms. The quantitative estimate of drug-likeness (QED) is 0.0169. The molecule has 572 valence electrons. The number of unbranched alkanes of at least 4 members (excludes halogenated alkanes) is 23. The Kier molecular flexibility index (Phi) is 69.1. The molecule has 0 bridgehead atoms. The van der Waals surface area contributed by atoms with Gasteiger partial charge in [0.1, 0.15) is 19.3 Å². The number of aliphatic hydroxyl groups is 1. The number of rotatable bonds is 71. The summed E-state index contributed by atoms with van der Waals surface area (Å²) < 4.78 is 68.4. The van der Waals surface area contributed by atoms with E-state index in [0.717, 1.165) is 180 Å². The number of ether oxygens (including phenoxy) is 4. The van der Waals surface area contributed by atoms with Gasteiger partial charge < -0.3 is 33.8 Å². The number of aliphatic hydroxyl groups excluding tert-OH is 1. The number of carbonyl (C=O) groups is 4. The van der Waals surface area contributed by atoms with Crippen LogP contribution in [0, 0.1) is 0 Å². The Bertz CT molecular complexity index is 2420. The van der Waals surface area contributed by atoms with Gasteiger partial charge in [0.05, 0.1) is 26.4 Å². The first-order valence-corrected chi connectivity index (χ1v) is 41.4. The van der Waals surface area contributed by atoms with E-state index >= 15 is 0 Å². The molecule has 0 radical (unpaired) electrons. The van der Waals surface area contributed by atoms with Crippen molar-refractivity contribution in [1.82, 2.24) is 0 Å². The maximum absolute atomic E-state index is 13.1. The zero-order chi connectivity index (χ0) is 73.2. The van der Waals surface area contributed by atoms with Crippen LogP contribution in [0.4, 0.5) is 0 Å². The number of hydrogen-bond donors (Lipinski definition) is 3. The average molecular weight is 1440 g/mol. The van der Waals surface area contributed by atoms with Crippen molar-refractivity contribution in [1.29, 1.82) is 0 Å². The highest BCUT2D eigenvalue weighted by molar-refractivity contribution is 7.47. The third kappa shape index (κ3) is 71.6. The van der Waals surface area contributed by atoms with Crippen molar-refractivity contribution in [3.8, 4) is 0 Å². The number of allylic oxidation sites excluding steroid dienone is 22. The summed E-state index contributed by atoms with van der Waals surface area (Å²) in [5.74, 6) is -2.27. The lowest BCUT2D eigenvalue weighted by Crippen LogP contribution is -2.30. The highest BCUT2D eigenvalue weighted by Crippen LogP contribution is 2.45. The van der Waals surface area contributed by atoms with Gasteiger partial charge in [0.25, 0.3) is 0 Å². The first-order valence-electron chi connectivity index (χ1n) is 38.4. The Labute approximate surface area is 605 Å². The highest BCUT2D eigenvalue weighted by Gasteiger charge is 2.30. The predicted octanol–water partition coefficient (Wildman–Crippen LogP) is 22.1. The van der Waals surface area contributed by atoms with Crippen molar-refractivity contribution in [2.24, 2.45) is 0 Å². The predicted molar refractivity (Wildman–Crippen MR) is 408 cm³/mol.